The maximum atomic E-state index is 13.5. The van der Waals surface area contributed by atoms with E-state index in [1.54, 1.807) is 10.7 Å². The van der Waals surface area contributed by atoms with Gasteiger partial charge in [-0.3, -0.25) is 4.68 Å². The highest BCUT2D eigenvalue weighted by Gasteiger charge is 2.18. The maximum absolute atomic E-state index is 13.5. The summed E-state index contributed by atoms with van der Waals surface area (Å²) < 4.78 is 15.2. The van der Waals surface area contributed by atoms with E-state index in [9.17, 15) is 9.50 Å². The third-order valence-corrected chi connectivity index (χ3v) is 3.96. The van der Waals surface area contributed by atoms with Gasteiger partial charge in [-0.2, -0.15) is 5.10 Å². The first-order chi connectivity index (χ1) is 10.1. The van der Waals surface area contributed by atoms with Crippen LogP contribution in [0.3, 0.4) is 0 Å². The van der Waals surface area contributed by atoms with Crippen LogP contribution in [0.2, 0.25) is 5.02 Å². The number of benzene rings is 2. The summed E-state index contributed by atoms with van der Waals surface area (Å²) in [5.41, 5.74) is 2.14. The summed E-state index contributed by atoms with van der Waals surface area (Å²) >= 11 is 5.92. The second-order valence-corrected chi connectivity index (χ2v) is 5.33. The van der Waals surface area contributed by atoms with Crippen molar-refractivity contribution < 1.29 is 9.50 Å². The summed E-state index contributed by atoms with van der Waals surface area (Å²) in [7, 11) is 1.85. The van der Waals surface area contributed by atoms with Crippen molar-refractivity contribution >= 4 is 22.5 Å². The van der Waals surface area contributed by atoms with Crippen LogP contribution in [0.1, 0.15) is 17.4 Å². The van der Waals surface area contributed by atoms with Gasteiger partial charge >= 0.3 is 0 Å². The normalized spacial score (nSPS) is 12.8. The van der Waals surface area contributed by atoms with Crippen molar-refractivity contribution in [2.75, 3.05) is 0 Å². The van der Waals surface area contributed by atoms with Crippen LogP contribution in [0.5, 0.6) is 0 Å². The van der Waals surface area contributed by atoms with Crippen LogP contribution in [-0.4, -0.2) is 14.9 Å². The number of halogens is 2. The molecule has 2 aromatic carbocycles. The van der Waals surface area contributed by atoms with Crippen LogP contribution < -0.4 is 0 Å². The van der Waals surface area contributed by atoms with E-state index in [0.29, 0.717) is 5.56 Å². The van der Waals surface area contributed by atoms with E-state index in [1.807, 2.05) is 31.3 Å². The molecule has 1 aromatic heterocycles. The van der Waals surface area contributed by atoms with Crippen molar-refractivity contribution in [2.45, 2.75) is 12.5 Å². The molecular weight excluding hydrogens is 291 g/mol. The monoisotopic (exact) mass is 304 g/mol. The molecular formula is C16H14ClFN2O. The van der Waals surface area contributed by atoms with Crippen LogP contribution in [-0.2, 0) is 13.5 Å². The standard InChI is InChI=1S/C16H14ClFN2O/c1-20-14-8-3-2-5-10(14)13(19-20)9-15(21)11-6-4-7-12(18)16(11)17/h2-8,15,21H,9H2,1H3. The van der Waals surface area contributed by atoms with Gasteiger partial charge in [0.05, 0.1) is 22.3 Å². The number of rotatable bonds is 3. The Balaban J connectivity index is 1.97. The van der Waals surface area contributed by atoms with Crippen molar-refractivity contribution in [3.05, 3.63) is 64.6 Å². The summed E-state index contributed by atoms with van der Waals surface area (Å²) in [5.74, 6) is -0.529. The van der Waals surface area contributed by atoms with Gasteiger partial charge in [-0.05, 0) is 12.1 Å². The Bertz CT molecular complexity index is 800. The zero-order valence-corrected chi connectivity index (χ0v) is 12.2. The first-order valence-electron chi connectivity index (χ1n) is 6.60. The predicted molar refractivity (Wildman–Crippen MR) is 80.8 cm³/mol. The number of aliphatic hydroxyl groups is 1. The molecule has 0 spiro atoms. The lowest BCUT2D eigenvalue weighted by molar-refractivity contribution is 0.177. The molecule has 5 heteroatoms. The minimum Gasteiger partial charge on any atom is -0.388 e. The predicted octanol–water partition coefficient (Wildman–Crippen LogP) is 3.64. The lowest BCUT2D eigenvalue weighted by atomic mass is 10.0. The molecule has 0 radical (unpaired) electrons. The van der Waals surface area contributed by atoms with Crippen molar-refractivity contribution in [1.29, 1.82) is 0 Å². The van der Waals surface area contributed by atoms with Gasteiger partial charge < -0.3 is 5.11 Å². The van der Waals surface area contributed by atoms with Crippen molar-refractivity contribution in [3.63, 3.8) is 0 Å². The van der Waals surface area contributed by atoms with E-state index in [4.69, 9.17) is 11.6 Å². The molecule has 3 rings (SSSR count). The molecule has 1 heterocycles. The van der Waals surface area contributed by atoms with Crippen molar-refractivity contribution in [2.24, 2.45) is 7.05 Å². The van der Waals surface area contributed by atoms with Gasteiger partial charge in [-0.1, -0.05) is 41.9 Å². The zero-order valence-electron chi connectivity index (χ0n) is 11.4. The minimum atomic E-state index is -0.897. The average molecular weight is 305 g/mol. The number of fused-ring (bicyclic) bond motifs is 1. The van der Waals surface area contributed by atoms with Crippen LogP contribution in [0.15, 0.2) is 42.5 Å². The zero-order chi connectivity index (χ0) is 15.0. The van der Waals surface area contributed by atoms with Gasteiger partial charge in [0, 0.05) is 24.4 Å². The van der Waals surface area contributed by atoms with Crippen LogP contribution in [0, 0.1) is 5.82 Å². The smallest absolute Gasteiger partial charge is 0.142 e. The molecule has 0 saturated carbocycles. The lowest BCUT2D eigenvalue weighted by Crippen LogP contribution is -2.04. The fraction of sp³-hybridized carbons (Fsp3) is 0.188. The first-order valence-corrected chi connectivity index (χ1v) is 6.98. The highest BCUT2D eigenvalue weighted by Crippen LogP contribution is 2.29. The Morgan fingerprint density at radius 1 is 1.24 bits per heavy atom. The molecule has 1 atom stereocenters. The molecule has 108 valence electrons. The van der Waals surface area contributed by atoms with Gasteiger partial charge in [0.1, 0.15) is 5.82 Å². The molecule has 0 bridgehead atoms. The number of aryl methyl sites for hydroxylation is 1. The summed E-state index contributed by atoms with van der Waals surface area (Å²) in [5, 5.41) is 15.7. The van der Waals surface area contributed by atoms with Gasteiger partial charge in [0.25, 0.3) is 0 Å². The Hall–Kier alpha value is -1.91. The van der Waals surface area contributed by atoms with E-state index in [2.05, 4.69) is 5.10 Å². The summed E-state index contributed by atoms with van der Waals surface area (Å²) in [6, 6.07) is 12.2. The van der Waals surface area contributed by atoms with Gasteiger partial charge in [-0.25, -0.2) is 4.39 Å². The highest BCUT2D eigenvalue weighted by atomic mass is 35.5. The summed E-state index contributed by atoms with van der Waals surface area (Å²) in [4.78, 5) is 0. The topological polar surface area (TPSA) is 38.0 Å². The summed E-state index contributed by atoms with van der Waals surface area (Å²) in [6.07, 6.45) is -0.614. The van der Waals surface area contributed by atoms with Crippen molar-refractivity contribution in [1.82, 2.24) is 9.78 Å². The molecule has 1 N–H and O–H groups in total. The number of para-hydroxylation sites is 1. The molecule has 3 aromatic rings. The van der Waals surface area contributed by atoms with Gasteiger partial charge in [0.15, 0.2) is 0 Å². The van der Waals surface area contributed by atoms with Gasteiger partial charge in [0.2, 0.25) is 0 Å². The molecule has 0 saturated heterocycles. The number of nitrogens with zero attached hydrogens (tertiary/aromatic N) is 2. The van der Waals surface area contributed by atoms with E-state index in [-0.39, 0.29) is 11.4 Å². The number of aliphatic hydroxyl groups excluding tert-OH is 1. The fourth-order valence-electron chi connectivity index (χ4n) is 2.51. The molecule has 0 aliphatic carbocycles. The van der Waals surface area contributed by atoms with Crippen LogP contribution in [0.4, 0.5) is 4.39 Å². The maximum Gasteiger partial charge on any atom is 0.142 e. The van der Waals surface area contributed by atoms with Gasteiger partial charge in [-0.15, -0.1) is 0 Å². The number of aromatic nitrogens is 2. The molecule has 0 aliphatic rings. The number of hydrogen-bond acceptors (Lipinski definition) is 2. The second-order valence-electron chi connectivity index (χ2n) is 4.95. The van der Waals surface area contributed by atoms with Crippen LogP contribution >= 0.6 is 11.6 Å². The lowest BCUT2D eigenvalue weighted by Gasteiger charge is -2.12. The summed E-state index contributed by atoms with van der Waals surface area (Å²) in [6.45, 7) is 0. The van der Waals surface area contributed by atoms with Crippen molar-refractivity contribution in [3.8, 4) is 0 Å². The Kier molecular flexibility index (Phi) is 3.66. The quantitative estimate of drug-likeness (QED) is 0.802. The highest BCUT2D eigenvalue weighted by molar-refractivity contribution is 6.31. The fourth-order valence-corrected chi connectivity index (χ4v) is 2.76. The third-order valence-electron chi connectivity index (χ3n) is 3.56. The largest absolute Gasteiger partial charge is 0.388 e. The third kappa shape index (κ3) is 2.52. The number of hydrogen-bond donors (Lipinski definition) is 1. The average Bonchev–Trinajstić information content (AvgIpc) is 2.79. The van der Waals surface area contributed by atoms with E-state index in [1.165, 1.54) is 12.1 Å². The van der Waals surface area contributed by atoms with Crippen LogP contribution in [0.25, 0.3) is 10.9 Å². The molecule has 0 fully saturated rings. The molecule has 0 aliphatic heterocycles. The minimum absolute atomic E-state index is 0.0368. The Morgan fingerprint density at radius 2 is 2.00 bits per heavy atom. The second kappa shape index (κ2) is 5.47. The van der Waals surface area contributed by atoms with E-state index in [0.717, 1.165) is 16.6 Å². The molecule has 1 unspecified atom stereocenters. The first kappa shape index (κ1) is 14.0. The SMILES string of the molecule is Cn1nc(CC(O)c2cccc(F)c2Cl)c2ccccc21. The Labute approximate surface area is 126 Å². The molecule has 3 nitrogen and oxygen atoms in total. The van der Waals surface area contributed by atoms with E-state index < -0.39 is 11.9 Å². The Morgan fingerprint density at radius 3 is 2.81 bits per heavy atom. The molecule has 21 heavy (non-hydrogen) atoms. The molecule has 0 amide bonds. The van der Waals surface area contributed by atoms with E-state index >= 15 is 0 Å².